The number of anilines is 3. The number of aromatic amines is 1. The molecule has 0 bridgehead atoms. The number of likely N-dealkylation sites (N-methyl/N-ethyl adjacent to an activating group) is 1. The van der Waals surface area contributed by atoms with Gasteiger partial charge in [0.25, 0.3) is 0 Å². The van der Waals surface area contributed by atoms with Crippen LogP contribution >= 0.6 is 0 Å². The minimum Gasteiger partial charge on any atom is -0.378 e. The molecule has 3 heterocycles. The Bertz CT molecular complexity index is 1170. The Morgan fingerprint density at radius 2 is 1.74 bits per heavy atom. The normalized spacial score (nSPS) is 17.6. The SMILES string of the molecule is CN(C)c1ccc(NC(=O)C2(N(C)C)CCN(c3ncnc4[nH]c5c(c34)CCCC5)CC2)cc1. The third-order valence-corrected chi connectivity index (χ3v) is 7.68. The summed E-state index contributed by atoms with van der Waals surface area (Å²) in [5, 5.41) is 4.35. The predicted molar refractivity (Wildman–Crippen MR) is 138 cm³/mol. The van der Waals surface area contributed by atoms with Gasteiger partial charge in [0.1, 0.15) is 23.3 Å². The fourth-order valence-electron chi connectivity index (χ4n) is 5.51. The van der Waals surface area contributed by atoms with Crippen LogP contribution in [-0.2, 0) is 17.6 Å². The number of H-pyrrole nitrogens is 1. The fraction of sp³-hybridized carbons (Fsp3) is 0.500. The lowest BCUT2D eigenvalue weighted by Gasteiger charge is -2.45. The van der Waals surface area contributed by atoms with Crippen LogP contribution in [0.3, 0.4) is 0 Å². The highest BCUT2D eigenvalue weighted by atomic mass is 16.2. The summed E-state index contributed by atoms with van der Waals surface area (Å²) in [6.45, 7) is 1.55. The molecular weight excluding hydrogens is 426 g/mol. The van der Waals surface area contributed by atoms with Gasteiger partial charge < -0.3 is 20.1 Å². The van der Waals surface area contributed by atoms with Crippen molar-refractivity contribution in [2.45, 2.75) is 44.1 Å². The first-order chi connectivity index (χ1) is 16.4. The van der Waals surface area contributed by atoms with Crippen LogP contribution in [0.5, 0.6) is 0 Å². The molecule has 2 aromatic heterocycles. The highest BCUT2D eigenvalue weighted by molar-refractivity contribution is 5.99. The Kier molecular flexibility index (Phi) is 5.93. The van der Waals surface area contributed by atoms with Gasteiger partial charge in [-0.05, 0) is 82.4 Å². The molecule has 1 fully saturated rings. The number of benzene rings is 1. The summed E-state index contributed by atoms with van der Waals surface area (Å²) in [6, 6.07) is 7.99. The molecule has 0 unspecified atom stereocenters. The van der Waals surface area contributed by atoms with Crippen LogP contribution in [0.25, 0.3) is 11.0 Å². The van der Waals surface area contributed by atoms with E-state index in [1.165, 1.54) is 29.5 Å². The number of amides is 1. The van der Waals surface area contributed by atoms with Crippen molar-refractivity contribution in [3.05, 3.63) is 41.9 Å². The smallest absolute Gasteiger partial charge is 0.245 e. The lowest BCUT2D eigenvalue weighted by atomic mass is 9.85. The Morgan fingerprint density at radius 1 is 1.03 bits per heavy atom. The number of hydrogen-bond donors (Lipinski definition) is 2. The third kappa shape index (κ3) is 3.90. The van der Waals surface area contributed by atoms with Crippen LogP contribution in [0.15, 0.2) is 30.6 Å². The number of aryl methyl sites for hydroxylation is 2. The molecule has 3 aromatic rings. The van der Waals surface area contributed by atoms with E-state index in [0.29, 0.717) is 0 Å². The summed E-state index contributed by atoms with van der Waals surface area (Å²) in [6.07, 6.45) is 7.75. The third-order valence-electron chi connectivity index (χ3n) is 7.68. The van der Waals surface area contributed by atoms with Gasteiger partial charge in [0, 0.05) is 44.3 Å². The maximum atomic E-state index is 13.5. The molecule has 180 valence electrons. The van der Waals surface area contributed by atoms with Gasteiger partial charge in [-0.25, -0.2) is 9.97 Å². The lowest BCUT2D eigenvalue weighted by molar-refractivity contribution is -0.127. The average Bonchev–Trinajstić information content (AvgIpc) is 3.23. The van der Waals surface area contributed by atoms with Crippen LogP contribution in [0.1, 0.15) is 36.9 Å². The van der Waals surface area contributed by atoms with Gasteiger partial charge in [-0.3, -0.25) is 9.69 Å². The molecule has 34 heavy (non-hydrogen) atoms. The number of fused-ring (bicyclic) bond motifs is 3. The van der Waals surface area contributed by atoms with Crippen molar-refractivity contribution in [1.82, 2.24) is 19.9 Å². The first-order valence-electron chi connectivity index (χ1n) is 12.2. The molecule has 1 aromatic carbocycles. The minimum atomic E-state index is -0.555. The average molecular weight is 462 g/mol. The highest BCUT2D eigenvalue weighted by Crippen LogP contribution is 2.37. The standard InChI is InChI=1S/C26H35N7O/c1-31(2)19-11-9-18(10-12-19)29-25(34)26(32(3)4)13-15-33(16-14-26)24-22-20-7-5-6-8-21(20)30-23(22)27-17-28-24/h9-12,17H,5-8,13-16H2,1-4H3,(H,29,34)(H,27,28,30). The fourth-order valence-corrected chi connectivity index (χ4v) is 5.51. The molecule has 1 amide bonds. The monoisotopic (exact) mass is 461 g/mol. The number of nitrogens with zero attached hydrogens (tertiary/aromatic N) is 5. The van der Waals surface area contributed by atoms with Gasteiger partial charge >= 0.3 is 0 Å². The van der Waals surface area contributed by atoms with Crippen molar-refractivity contribution in [3.8, 4) is 0 Å². The predicted octanol–water partition coefficient (Wildman–Crippen LogP) is 3.44. The van der Waals surface area contributed by atoms with Crippen molar-refractivity contribution < 1.29 is 4.79 Å². The van der Waals surface area contributed by atoms with E-state index in [1.807, 2.05) is 57.4 Å². The molecule has 1 aliphatic carbocycles. The number of aromatic nitrogens is 3. The molecule has 8 nitrogen and oxygen atoms in total. The second-order valence-corrected chi connectivity index (χ2v) is 10.0. The van der Waals surface area contributed by atoms with Crippen molar-refractivity contribution in [1.29, 1.82) is 0 Å². The summed E-state index contributed by atoms with van der Waals surface area (Å²) in [5.41, 5.74) is 5.04. The van der Waals surface area contributed by atoms with E-state index in [4.69, 9.17) is 4.98 Å². The molecule has 5 rings (SSSR count). The summed E-state index contributed by atoms with van der Waals surface area (Å²) < 4.78 is 0. The summed E-state index contributed by atoms with van der Waals surface area (Å²) in [4.78, 5) is 32.8. The van der Waals surface area contributed by atoms with Gasteiger partial charge in [0.15, 0.2) is 0 Å². The Labute approximate surface area is 201 Å². The van der Waals surface area contributed by atoms with E-state index in [-0.39, 0.29) is 5.91 Å². The molecule has 2 N–H and O–H groups in total. The van der Waals surface area contributed by atoms with Gasteiger partial charge in [0.05, 0.1) is 5.39 Å². The molecular formula is C26H35N7O. The van der Waals surface area contributed by atoms with Crippen molar-refractivity contribution >= 4 is 34.1 Å². The lowest BCUT2D eigenvalue weighted by Crippen LogP contribution is -2.59. The number of hydrogen-bond acceptors (Lipinski definition) is 6. The molecule has 0 atom stereocenters. The van der Waals surface area contributed by atoms with Crippen LogP contribution in [0, 0.1) is 0 Å². The maximum absolute atomic E-state index is 13.5. The zero-order valence-electron chi connectivity index (χ0n) is 20.7. The Morgan fingerprint density at radius 3 is 2.41 bits per heavy atom. The second-order valence-electron chi connectivity index (χ2n) is 10.0. The van der Waals surface area contributed by atoms with Crippen molar-refractivity contribution in [2.24, 2.45) is 0 Å². The van der Waals surface area contributed by atoms with Crippen LogP contribution < -0.4 is 15.1 Å². The molecule has 0 spiro atoms. The zero-order chi connectivity index (χ0) is 23.9. The zero-order valence-corrected chi connectivity index (χ0v) is 20.7. The van der Waals surface area contributed by atoms with Gasteiger partial charge in [-0.1, -0.05) is 0 Å². The summed E-state index contributed by atoms with van der Waals surface area (Å²) >= 11 is 0. The highest BCUT2D eigenvalue weighted by Gasteiger charge is 2.44. The van der Waals surface area contributed by atoms with Gasteiger partial charge in [0.2, 0.25) is 5.91 Å². The van der Waals surface area contributed by atoms with Crippen LogP contribution in [-0.4, -0.2) is 72.6 Å². The summed E-state index contributed by atoms with van der Waals surface area (Å²) in [5.74, 6) is 1.07. The first-order valence-corrected chi connectivity index (χ1v) is 12.2. The van der Waals surface area contributed by atoms with Crippen LogP contribution in [0.2, 0.25) is 0 Å². The molecule has 8 heteroatoms. The maximum Gasteiger partial charge on any atom is 0.245 e. The molecule has 0 saturated carbocycles. The Hall–Kier alpha value is -3.13. The van der Waals surface area contributed by atoms with Gasteiger partial charge in [-0.15, -0.1) is 0 Å². The molecule has 2 aliphatic rings. The molecule has 1 aliphatic heterocycles. The largest absolute Gasteiger partial charge is 0.378 e. The number of nitrogens with one attached hydrogen (secondary N) is 2. The minimum absolute atomic E-state index is 0.0570. The van der Waals surface area contributed by atoms with Gasteiger partial charge in [-0.2, -0.15) is 0 Å². The molecule has 1 saturated heterocycles. The van der Waals surface area contributed by atoms with E-state index < -0.39 is 5.54 Å². The summed E-state index contributed by atoms with van der Waals surface area (Å²) in [7, 11) is 8.04. The second kappa shape index (κ2) is 8.91. The number of rotatable bonds is 5. The van der Waals surface area contributed by atoms with Crippen molar-refractivity contribution in [2.75, 3.05) is 56.4 Å². The number of piperidine rings is 1. The topological polar surface area (TPSA) is 80.4 Å². The van der Waals surface area contributed by atoms with Crippen molar-refractivity contribution in [3.63, 3.8) is 0 Å². The van der Waals surface area contributed by atoms with E-state index in [0.717, 1.165) is 61.6 Å². The van der Waals surface area contributed by atoms with Crippen LogP contribution in [0.4, 0.5) is 17.2 Å². The van der Waals surface area contributed by atoms with E-state index in [9.17, 15) is 4.79 Å². The molecule has 0 radical (unpaired) electrons. The quantitative estimate of drug-likeness (QED) is 0.606. The number of carbonyl (C=O) groups is 1. The first kappa shape index (κ1) is 22.7. The van der Waals surface area contributed by atoms with E-state index in [1.54, 1.807) is 6.33 Å². The van der Waals surface area contributed by atoms with E-state index in [2.05, 4.69) is 25.1 Å². The Balaban J connectivity index is 1.36. The van der Waals surface area contributed by atoms with E-state index >= 15 is 0 Å². The number of carbonyl (C=O) groups excluding carboxylic acids is 1.